The highest BCUT2D eigenvalue weighted by Crippen LogP contribution is 2.19. The number of aryl methyl sites for hydroxylation is 1. The van der Waals surface area contributed by atoms with Crippen LogP contribution in [0.5, 0.6) is 0 Å². The van der Waals surface area contributed by atoms with Crippen LogP contribution in [-0.2, 0) is 4.79 Å². The van der Waals surface area contributed by atoms with Gasteiger partial charge in [-0.15, -0.1) is 0 Å². The summed E-state index contributed by atoms with van der Waals surface area (Å²) in [4.78, 5) is 27.0. The van der Waals surface area contributed by atoms with Gasteiger partial charge in [-0.05, 0) is 24.0 Å². The van der Waals surface area contributed by atoms with Crippen molar-refractivity contribution in [3.8, 4) is 0 Å². The largest absolute Gasteiger partial charge is 0.480 e. The molecule has 1 rings (SSSR count). The number of rotatable bonds is 3. The van der Waals surface area contributed by atoms with E-state index in [2.05, 4.69) is 10.3 Å². The Hall–Kier alpha value is -1.91. The van der Waals surface area contributed by atoms with Gasteiger partial charge < -0.3 is 10.4 Å². The fourth-order valence-electron chi connectivity index (χ4n) is 1.54. The highest BCUT2D eigenvalue weighted by atomic mass is 16.4. The zero-order valence-corrected chi connectivity index (χ0v) is 11.0. The van der Waals surface area contributed by atoms with Gasteiger partial charge in [0.1, 0.15) is 6.04 Å². The lowest BCUT2D eigenvalue weighted by atomic mass is 9.86. The number of aliphatic carboxylic acids is 1. The Morgan fingerprint density at radius 1 is 1.33 bits per heavy atom. The van der Waals surface area contributed by atoms with Gasteiger partial charge >= 0.3 is 5.97 Å². The molecule has 1 atom stereocenters. The fraction of sp³-hybridized carbons (Fsp3) is 0.462. The van der Waals surface area contributed by atoms with Crippen LogP contribution < -0.4 is 5.32 Å². The van der Waals surface area contributed by atoms with Crippen molar-refractivity contribution >= 4 is 11.9 Å². The molecule has 18 heavy (non-hydrogen) atoms. The van der Waals surface area contributed by atoms with Crippen molar-refractivity contribution < 1.29 is 14.7 Å². The summed E-state index contributed by atoms with van der Waals surface area (Å²) in [6.07, 6.45) is 3.05. The number of nitrogens with zero attached hydrogens (tertiary/aromatic N) is 1. The first kappa shape index (κ1) is 14.2. The number of carboxylic acid groups (broad SMARTS) is 1. The zero-order valence-electron chi connectivity index (χ0n) is 11.0. The summed E-state index contributed by atoms with van der Waals surface area (Å²) < 4.78 is 0. The van der Waals surface area contributed by atoms with E-state index in [0.717, 1.165) is 5.56 Å². The number of nitrogens with one attached hydrogen (secondary N) is 1. The van der Waals surface area contributed by atoms with Crippen molar-refractivity contribution in [1.82, 2.24) is 10.3 Å². The highest BCUT2D eigenvalue weighted by molar-refractivity contribution is 5.96. The number of pyridine rings is 1. The molecule has 0 unspecified atom stereocenters. The maximum atomic E-state index is 11.9. The standard InChI is InChI=1S/C13H18N2O3/c1-8-5-9(7-14-6-8)11(16)15-10(12(17)18)13(2,3)4/h5-7,10H,1-4H3,(H,15,16)(H,17,18)/t10-/m1/s1. The Kier molecular flexibility index (Phi) is 4.06. The minimum atomic E-state index is -1.04. The van der Waals surface area contributed by atoms with Gasteiger partial charge in [0.25, 0.3) is 5.91 Å². The predicted molar refractivity (Wildman–Crippen MR) is 67.3 cm³/mol. The Bertz CT molecular complexity index is 464. The smallest absolute Gasteiger partial charge is 0.326 e. The summed E-state index contributed by atoms with van der Waals surface area (Å²) >= 11 is 0. The second kappa shape index (κ2) is 5.16. The number of amides is 1. The number of carbonyl (C=O) groups is 2. The second-order valence-corrected chi connectivity index (χ2v) is 5.36. The van der Waals surface area contributed by atoms with Crippen LogP contribution in [0.3, 0.4) is 0 Å². The molecular formula is C13H18N2O3. The maximum Gasteiger partial charge on any atom is 0.326 e. The van der Waals surface area contributed by atoms with Crippen molar-refractivity contribution in [2.75, 3.05) is 0 Å². The highest BCUT2D eigenvalue weighted by Gasteiger charge is 2.32. The number of hydrogen-bond donors (Lipinski definition) is 2. The van der Waals surface area contributed by atoms with Crippen LogP contribution in [0.1, 0.15) is 36.7 Å². The van der Waals surface area contributed by atoms with Crippen LogP contribution >= 0.6 is 0 Å². The summed E-state index contributed by atoms with van der Waals surface area (Å²) in [6.45, 7) is 7.11. The number of hydrogen-bond acceptors (Lipinski definition) is 3. The van der Waals surface area contributed by atoms with Crippen LogP contribution in [0.15, 0.2) is 18.5 Å². The van der Waals surface area contributed by atoms with E-state index in [1.54, 1.807) is 33.0 Å². The molecule has 1 heterocycles. The second-order valence-electron chi connectivity index (χ2n) is 5.36. The predicted octanol–water partition coefficient (Wildman–Crippen LogP) is 1.62. The lowest BCUT2D eigenvalue weighted by molar-refractivity contribution is -0.142. The Morgan fingerprint density at radius 3 is 2.39 bits per heavy atom. The molecule has 1 aromatic rings. The summed E-state index contributed by atoms with van der Waals surface area (Å²) in [5.41, 5.74) is 0.662. The molecule has 0 radical (unpaired) electrons. The van der Waals surface area contributed by atoms with Gasteiger partial charge in [0.2, 0.25) is 0 Å². The molecule has 98 valence electrons. The zero-order chi connectivity index (χ0) is 13.9. The minimum absolute atomic E-state index is 0.366. The lowest BCUT2D eigenvalue weighted by Crippen LogP contribution is -2.49. The Balaban J connectivity index is 2.89. The van der Waals surface area contributed by atoms with Crippen LogP contribution in [0, 0.1) is 12.3 Å². The topological polar surface area (TPSA) is 79.3 Å². The van der Waals surface area contributed by atoms with E-state index < -0.39 is 23.3 Å². The quantitative estimate of drug-likeness (QED) is 0.854. The summed E-state index contributed by atoms with van der Waals surface area (Å²) in [6, 6.07) is 0.731. The third-order valence-electron chi connectivity index (χ3n) is 2.53. The van der Waals surface area contributed by atoms with Crippen LogP contribution in [0.25, 0.3) is 0 Å². The van der Waals surface area contributed by atoms with Gasteiger partial charge in [0.05, 0.1) is 5.56 Å². The Morgan fingerprint density at radius 2 is 1.94 bits per heavy atom. The average molecular weight is 250 g/mol. The molecule has 0 aliphatic rings. The van der Waals surface area contributed by atoms with Gasteiger partial charge in [-0.2, -0.15) is 0 Å². The molecule has 5 heteroatoms. The van der Waals surface area contributed by atoms with E-state index in [1.165, 1.54) is 6.20 Å². The van der Waals surface area contributed by atoms with Gasteiger partial charge in [-0.3, -0.25) is 9.78 Å². The van der Waals surface area contributed by atoms with E-state index in [0.29, 0.717) is 5.56 Å². The molecule has 2 N–H and O–H groups in total. The van der Waals surface area contributed by atoms with Crippen molar-refractivity contribution in [1.29, 1.82) is 0 Å². The summed E-state index contributed by atoms with van der Waals surface area (Å²) in [5, 5.41) is 11.7. The van der Waals surface area contributed by atoms with E-state index in [-0.39, 0.29) is 0 Å². The van der Waals surface area contributed by atoms with Gasteiger partial charge in [0, 0.05) is 12.4 Å². The average Bonchev–Trinajstić information content (AvgIpc) is 2.23. The monoisotopic (exact) mass is 250 g/mol. The van der Waals surface area contributed by atoms with Gasteiger partial charge in [0.15, 0.2) is 0 Å². The molecule has 1 amide bonds. The summed E-state index contributed by atoms with van der Waals surface area (Å²) in [5.74, 6) is -1.47. The third-order valence-corrected chi connectivity index (χ3v) is 2.53. The molecular weight excluding hydrogens is 232 g/mol. The van der Waals surface area contributed by atoms with E-state index in [9.17, 15) is 9.59 Å². The fourth-order valence-corrected chi connectivity index (χ4v) is 1.54. The number of aromatic nitrogens is 1. The maximum absolute atomic E-state index is 11.9. The van der Waals surface area contributed by atoms with Crippen LogP contribution in [0.4, 0.5) is 0 Å². The van der Waals surface area contributed by atoms with Gasteiger partial charge in [-0.1, -0.05) is 20.8 Å². The normalized spacial score (nSPS) is 12.9. The number of carbonyl (C=O) groups excluding carboxylic acids is 1. The SMILES string of the molecule is Cc1cncc(C(=O)N[C@H](C(=O)O)C(C)(C)C)c1. The summed E-state index contributed by atoms with van der Waals surface area (Å²) in [7, 11) is 0. The third kappa shape index (κ3) is 3.55. The molecule has 0 aromatic carbocycles. The number of carboxylic acids is 1. The molecule has 0 spiro atoms. The molecule has 5 nitrogen and oxygen atoms in total. The van der Waals surface area contributed by atoms with Crippen molar-refractivity contribution in [2.24, 2.45) is 5.41 Å². The van der Waals surface area contributed by atoms with Crippen molar-refractivity contribution in [3.05, 3.63) is 29.6 Å². The molecule has 0 saturated heterocycles. The lowest BCUT2D eigenvalue weighted by Gasteiger charge is -2.27. The minimum Gasteiger partial charge on any atom is -0.480 e. The first-order valence-electron chi connectivity index (χ1n) is 5.67. The molecule has 0 bridgehead atoms. The van der Waals surface area contributed by atoms with Crippen LogP contribution in [-0.4, -0.2) is 28.0 Å². The van der Waals surface area contributed by atoms with E-state index >= 15 is 0 Å². The van der Waals surface area contributed by atoms with E-state index in [4.69, 9.17) is 5.11 Å². The molecule has 0 saturated carbocycles. The molecule has 1 aromatic heterocycles. The van der Waals surface area contributed by atoms with E-state index in [1.807, 2.05) is 6.92 Å². The first-order chi connectivity index (χ1) is 8.21. The van der Waals surface area contributed by atoms with Crippen LogP contribution in [0.2, 0.25) is 0 Å². The Labute approximate surface area is 106 Å². The molecule has 0 aliphatic carbocycles. The van der Waals surface area contributed by atoms with Gasteiger partial charge in [-0.25, -0.2) is 4.79 Å². The first-order valence-corrected chi connectivity index (χ1v) is 5.67. The van der Waals surface area contributed by atoms with Crippen molar-refractivity contribution in [2.45, 2.75) is 33.7 Å². The molecule has 0 fully saturated rings. The molecule has 0 aliphatic heterocycles. The van der Waals surface area contributed by atoms with Crippen molar-refractivity contribution in [3.63, 3.8) is 0 Å².